The van der Waals surface area contributed by atoms with Crippen molar-refractivity contribution < 1.29 is 19.3 Å². The predicted molar refractivity (Wildman–Crippen MR) is 80.9 cm³/mol. The van der Waals surface area contributed by atoms with Gasteiger partial charge >= 0.3 is 0 Å². The van der Waals surface area contributed by atoms with E-state index in [1.54, 1.807) is 44.6 Å². The van der Waals surface area contributed by atoms with Crippen LogP contribution in [0.2, 0.25) is 0 Å². The molecule has 0 aromatic heterocycles. The summed E-state index contributed by atoms with van der Waals surface area (Å²) < 4.78 is 15.9. The Bertz CT molecular complexity index is 578. The second kappa shape index (κ2) is 6.85. The highest BCUT2D eigenvalue weighted by molar-refractivity contribution is 5.47. The number of ether oxygens (including phenoxy) is 3. The minimum absolute atomic E-state index is 0.0878. The Balaban J connectivity index is 2.07. The average Bonchev–Trinajstić information content (AvgIpc) is 2.52. The lowest BCUT2D eigenvalue weighted by molar-refractivity contribution is 0.108. The van der Waals surface area contributed by atoms with Gasteiger partial charge in [0, 0.05) is 29.4 Å². The first-order chi connectivity index (χ1) is 10.1. The average molecular weight is 289 g/mol. The lowest BCUT2D eigenvalue weighted by Crippen LogP contribution is -2.11. The zero-order chi connectivity index (χ0) is 15.2. The Kier molecular flexibility index (Phi) is 4.90. The van der Waals surface area contributed by atoms with Crippen LogP contribution in [0.5, 0.6) is 17.2 Å². The van der Waals surface area contributed by atoms with Gasteiger partial charge in [-0.05, 0) is 6.07 Å². The van der Waals surface area contributed by atoms with Gasteiger partial charge in [-0.15, -0.1) is 0 Å². The van der Waals surface area contributed by atoms with Crippen LogP contribution in [0.3, 0.4) is 0 Å². The van der Waals surface area contributed by atoms with Gasteiger partial charge in [-0.25, -0.2) is 0 Å². The number of nitrogens with two attached hydrogens (primary N) is 1. The zero-order valence-corrected chi connectivity index (χ0v) is 12.1. The van der Waals surface area contributed by atoms with E-state index in [1.807, 2.05) is 12.1 Å². The third kappa shape index (κ3) is 3.79. The first kappa shape index (κ1) is 15.0. The number of rotatable bonds is 6. The zero-order valence-electron chi connectivity index (χ0n) is 12.1. The smallest absolute Gasteiger partial charge is 0.126 e. The van der Waals surface area contributed by atoms with E-state index in [9.17, 15) is 5.11 Å². The maximum Gasteiger partial charge on any atom is 0.126 e. The summed E-state index contributed by atoms with van der Waals surface area (Å²) in [6, 6.07) is 12.4. The van der Waals surface area contributed by atoms with Gasteiger partial charge in [0.2, 0.25) is 0 Å². The lowest BCUT2D eigenvalue weighted by Gasteiger charge is -2.15. The largest absolute Gasteiger partial charge is 0.496 e. The van der Waals surface area contributed by atoms with Crippen LogP contribution in [-0.2, 0) is 0 Å². The molecule has 0 aliphatic rings. The first-order valence-electron chi connectivity index (χ1n) is 6.52. The van der Waals surface area contributed by atoms with Crippen LogP contribution in [0.25, 0.3) is 0 Å². The Hall–Kier alpha value is -2.40. The number of anilines is 1. The molecule has 5 heteroatoms. The van der Waals surface area contributed by atoms with Crippen LogP contribution in [-0.4, -0.2) is 25.9 Å². The summed E-state index contributed by atoms with van der Waals surface area (Å²) >= 11 is 0. The molecule has 2 rings (SSSR count). The number of methoxy groups -OCH3 is 2. The molecule has 0 fully saturated rings. The second-order valence-electron chi connectivity index (χ2n) is 4.50. The van der Waals surface area contributed by atoms with Crippen molar-refractivity contribution in [3.8, 4) is 17.2 Å². The summed E-state index contributed by atoms with van der Waals surface area (Å²) in [5.41, 5.74) is 7.01. The quantitative estimate of drug-likeness (QED) is 0.799. The fraction of sp³-hybridized carbons (Fsp3) is 0.250. The highest BCUT2D eigenvalue weighted by Crippen LogP contribution is 2.28. The van der Waals surface area contributed by atoms with Crippen LogP contribution in [0.15, 0.2) is 42.5 Å². The van der Waals surface area contributed by atoms with E-state index < -0.39 is 6.10 Å². The normalized spacial score (nSPS) is 11.8. The van der Waals surface area contributed by atoms with Crippen LogP contribution in [0, 0.1) is 0 Å². The van der Waals surface area contributed by atoms with Gasteiger partial charge in [0.15, 0.2) is 0 Å². The molecule has 3 N–H and O–H groups in total. The summed E-state index contributed by atoms with van der Waals surface area (Å²) in [4.78, 5) is 0. The van der Waals surface area contributed by atoms with Gasteiger partial charge in [-0.3, -0.25) is 0 Å². The molecule has 112 valence electrons. The molecule has 0 heterocycles. The standard InChI is InChI=1S/C16H19NO4/c1-19-11-7-12(20-2)9-13(8-11)21-10-16(18)14-5-3-4-6-15(14)17/h3-9,16,18H,10,17H2,1-2H3. The maximum atomic E-state index is 10.1. The molecule has 0 amide bonds. The van der Waals surface area contributed by atoms with Crippen molar-refractivity contribution in [3.05, 3.63) is 48.0 Å². The highest BCUT2D eigenvalue weighted by Gasteiger charge is 2.12. The van der Waals surface area contributed by atoms with E-state index in [1.165, 1.54) is 0 Å². The summed E-state index contributed by atoms with van der Waals surface area (Å²) in [6.07, 6.45) is -0.802. The number of hydrogen-bond acceptors (Lipinski definition) is 5. The van der Waals surface area contributed by atoms with Gasteiger partial charge in [0.05, 0.1) is 14.2 Å². The van der Waals surface area contributed by atoms with E-state index in [2.05, 4.69) is 0 Å². The molecule has 2 aromatic rings. The molecule has 0 saturated carbocycles. The number of nitrogen functional groups attached to an aromatic ring is 1. The third-order valence-corrected chi connectivity index (χ3v) is 3.09. The molecule has 5 nitrogen and oxygen atoms in total. The summed E-state index contributed by atoms with van der Waals surface area (Å²) in [7, 11) is 3.14. The van der Waals surface area contributed by atoms with Crippen molar-refractivity contribution in [2.45, 2.75) is 6.10 Å². The highest BCUT2D eigenvalue weighted by atomic mass is 16.5. The van der Waals surface area contributed by atoms with Gasteiger partial charge in [-0.1, -0.05) is 18.2 Å². The maximum absolute atomic E-state index is 10.1. The molecule has 2 aromatic carbocycles. The van der Waals surface area contributed by atoms with Crippen molar-refractivity contribution in [1.29, 1.82) is 0 Å². The molecule has 0 spiro atoms. The van der Waals surface area contributed by atoms with Crippen molar-refractivity contribution in [3.63, 3.8) is 0 Å². The molecule has 21 heavy (non-hydrogen) atoms. The van der Waals surface area contributed by atoms with E-state index in [0.717, 1.165) is 0 Å². The second-order valence-corrected chi connectivity index (χ2v) is 4.50. The summed E-state index contributed by atoms with van der Waals surface area (Å²) in [5, 5.41) is 10.1. The van der Waals surface area contributed by atoms with Crippen LogP contribution < -0.4 is 19.9 Å². The monoisotopic (exact) mass is 289 g/mol. The molecule has 0 aliphatic carbocycles. The molecule has 0 saturated heterocycles. The summed E-state index contributed by atoms with van der Waals surface area (Å²) in [5.74, 6) is 1.80. The fourth-order valence-electron chi connectivity index (χ4n) is 1.94. The minimum Gasteiger partial charge on any atom is -0.496 e. The molecule has 1 atom stereocenters. The number of hydrogen-bond donors (Lipinski definition) is 2. The van der Waals surface area contributed by atoms with Crippen molar-refractivity contribution in [2.75, 3.05) is 26.6 Å². The number of para-hydroxylation sites is 1. The van der Waals surface area contributed by atoms with Crippen molar-refractivity contribution >= 4 is 5.69 Å². The van der Waals surface area contributed by atoms with E-state index in [0.29, 0.717) is 28.5 Å². The predicted octanol–water partition coefficient (Wildman–Crippen LogP) is 2.40. The van der Waals surface area contributed by atoms with Gasteiger partial charge in [0.25, 0.3) is 0 Å². The molecular formula is C16H19NO4. The molecule has 0 radical (unpaired) electrons. The lowest BCUT2D eigenvalue weighted by atomic mass is 10.1. The molecule has 0 aliphatic heterocycles. The molecule has 1 unspecified atom stereocenters. The Labute approximate surface area is 123 Å². The van der Waals surface area contributed by atoms with Crippen molar-refractivity contribution in [2.24, 2.45) is 0 Å². The van der Waals surface area contributed by atoms with Crippen LogP contribution in [0.1, 0.15) is 11.7 Å². The number of benzene rings is 2. The van der Waals surface area contributed by atoms with Crippen LogP contribution in [0.4, 0.5) is 5.69 Å². The Morgan fingerprint density at radius 1 is 1.00 bits per heavy atom. The summed E-state index contributed by atoms with van der Waals surface area (Å²) in [6.45, 7) is 0.0878. The fourth-order valence-corrected chi connectivity index (χ4v) is 1.94. The minimum atomic E-state index is -0.802. The SMILES string of the molecule is COc1cc(OC)cc(OCC(O)c2ccccc2N)c1. The number of aliphatic hydroxyl groups is 1. The van der Waals surface area contributed by atoms with E-state index >= 15 is 0 Å². The van der Waals surface area contributed by atoms with Gasteiger partial charge < -0.3 is 25.1 Å². The van der Waals surface area contributed by atoms with E-state index in [-0.39, 0.29) is 6.61 Å². The Morgan fingerprint density at radius 3 is 2.14 bits per heavy atom. The van der Waals surface area contributed by atoms with Gasteiger partial charge in [0.1, 0.15) is 30.0 Å². The van der Waals surface area contributed by atoms with E-state index in [4.69, 9.17) is 19.9 Å². The van der Waals surface area contributed by atoms with Gasteiger partial charge in [-0.2, -0.15) is 0 Å². The van der Waals surface area contributed by atoms with Crippen LogP contribution >= 0.6 is 0 Å². The Morgan fingerprint density at radius 2 is 1.57 bits per heavy atom. The molecule has 0 bridgehead atoms. The first-order valence-corrected chi connectivity index (χ1v) is 6.52. The number of aliphatic hydroxyl groups excluding tert-OH is 1. The third-order valence-electron chi connectivity index (χ3n) is 3.09. The molecular weight excluding hydrogens is 270 g/mol. The topological polar surface area (TPSA) is 73.9 Å². The van der Waals surface area contributed by atoms with Crippen molar-refractivity contribution in [1.82, 2.24) is 0 Å².